The number of carbonyl (C=O) groups excluding carboxylic acids is 2. The summed E-state index contributed by atoms with van der Waals surface area (Å²) >= 11 is 0. The van der Waals surface area contributed by atoms with E-state index in [9.17, 15) is 14.0 Å². The van der Waals surface area contributed by atoms with E-state index >= 15 is 0 Å². The van der Waals surface area contributed by atoms with Crippen molar-refractivity contribution in [3.05, 3.63) is 54.3 Å². The molecule has 0 bridgehead atoms. The molecule has 0 saturated carbocycles. The fraction of sp³-hybridized carbons (Fsp3) is 0.263. The quantitative estimate of drug-likeness (QED) is 0.876. The van der Waals surface area contributed by atoms with Crippen LogP contribution < -0.4 is 15.5 Å². The molecule has 1 aliphatic rings. The molecule has 6 heteroatoms. The van der Waals surface area contributed by atoms with Crippen LogP contribution in [0.4, 0.5) is 21.5 Å². The van der Waals surface area contributed by atoms with E-state index in [4.69, 9.17) is 0 Å². The van der Waals surface area contributed by atoms with E-state index in [1.54, 1.807) is 24.0 Å². The summed E-state index contributed by atoms with van der Waals surface area (Å²) in [5.41, 5.74) is 2.06. The molecule has 0 spiro atoms. The van der Waals surface area contributed by atoms with Crippen LogP contribution >= 0.6 is 0 Å². The maximum atomic E-state index is 13.2. The van der Waals surface area contributed by atoms with Crippen LogP contribution in [0.3, 0.4) is 0 Å². The molecule has 0 radical (unpaired) electrons. The first-order valence-corrected chi connectivity index (χ1v) is 8.26. The normalized spacial score (nSPS) is 15.1. The number of rotatable bonds is 5. The first-order valence-electron chi connectivity index (χ1n) is 8.26. The van der Waals surface area contributed by atoms with E-state index in [0.717, 1.165) is 24.3 Å². The van der Waals surface area contributed by atoms with Gasteiger partial charge < -0.3 is 15.5 Å². The number of benzene rings is 2. The SMILES string of the molecule is C[C@@H](Nc1ccc(N2CCCC2=O)cc1)C(=O)Nc1cccc(F)c1. The summed E-state index contributed by atoms with van der Waals surface area (Å²) in [5, 5.41) is 5.77. The lowest BCUT2D eigenvalue weighted by Crippen LogP contribution is -2.31. The Morgan fingerprint density at radius 1 is 1.16 bits per heavy atom. The third kappa shape index (κ3) is 4.15. The molecule has 1 heterocycles. The monoisotopic (exact) mass is 341 g/mol. The first-order chi connectivity index (χ1) is 12.0. The third-order valence-electron chi connectivity index (χ3n) is 4.12. The molecule has 1 fully saturated rings. The average Bonchev–Trinajstić information content (AvgIpc) is 3.01. The van der Waals surface area contributed by atoms with Gasteiger partial charge in [0.15, 0.2) is 0 Å². The van der Waals surface area contributed by atoms with Crippen molar-refractivity contribution >= 4 is 28.9 Å². The summed E-state index contributed by atoms with van der Waals surface area (Å²) in [6.07, 6.45) is 1.48. The molecule has 0 unspecified atom stereocenters. The molecule has 1 aliphatic heterocycles. The summed E-state index contributed by atoms with van der Waals surface area (Å²) in [4.78, 5) is 25.7. The largest absolute Gasteiger partial charge is 0.374 e. The number of amides is 2. The van der Waals surface area contributed by atoms with Gasteiger partial charge in [-0.05, 0) is 55.8 Å². The minimum Gasteiger partial charge on any atom is -0.374 e. The second-order valence-corrected chi connectivity index (χ2v) is 6.06. The van der Waals surface area contributed by atoms with Crippen LogP contribution in [0.5, 0.6) is 0 Å². The number of nitrogens with one attached hydrogen (secondary N) is 2. The highest BCUT2D eigenvalue weighted by atomic mass is 19.1. The number of halogens is 1. The van der Waals surface area contributed by atoms with Crippen LogP contribution in [0.25, 0.3) is 0 Å². The van der Waals surface area contributed by atoms with Gasteiger partial charge in [0, 0.05) is 30.0 Å². The number of nitrogens with zero attached hydrogens (tertiary/aromatic N) is 1. The van der Waals surface area contributed by atoms with Gasteiger partial charge in [-0.25, -0.2) is 4.39 Å². The predicted octanol–water partition coefficient (Wildman–Crippen LogP) is 3.39. The Morgan fingerprint density at radius 2 is 1.92 bits per heavy atom. The molecule has 130 valence electrons. The van der Waals surface area contributed by atoms with Gasteiger partial charge in [-0.1, -0.05) is 6.07 Å². The van der Waals surface area contributed by atoms with Crippen molar-refractivity contribution in [2.24, 2.45) is 0 Å². The molecular formula is C19H20FN3O2. The number of carbonyl (C=O) groups is 2. The summed E-state index contributed by atoms with van der Waals surface area (Å²) in [6.45, 7) is 2.48. The van der Waals surface area contributed by atoms with Crippen molar-refractivity contribution in [3.8, 4) is 0 Å². The predicted molar refractivity (Wildman–Crippen MR) is 96.1 cm³/mol. The van der Waals surface area contributed by atoms with Crippen LogP contribution in [0.1, 0.15) is 19.8 Å². The first kappa shape index (κ1) is 17.0. The molecule has 1 saturated heterocycles. The Balaban J connectivity index is 1.59. The van der Waals surface area contributed by atoms with Crippen molar-refractivity contribution in [1.29, 1.82) is 0 Å². The smallest absolute Gasteiger partial charge is 0.246 e. The molecule has 2 amide bonds. The molecule has 0 aliphatic carbocycles. The van der Waals surface area contributed by atoms with E-state index in [1.807, 2.05) is 24.3 Å². The number of anilines is 3. The second kappa shape index (κ2) is 7.34. The average molecular weight is 341 g/mol. The lowest BCUT2D eigenvalue weighted by Gasteiger charge is -2.18. The fourth-order valence-corrected chi connectivity index (χ4v) is 2.79. The molecule has 2 aromatic carbocycles. The Morgan fingerprint density at radius 3 is 2.56 bits per heavy atom. The molecule has 5 nitrogen and oxygen atoms in total. The van der Waals surface area contributed by atoms with Crippen LogP contribution in [0.15, 0.2) is 48.5 Å². The van der Waals surface area contributed by atoms with Gasteiger partial charge in [0.05, 0.1) is 0 Å². The second-order valence-electron chi connectivity index (χ2n) is 6.06. The van der Waals surface area contributed by atoms with Crippen LogP contribution in [0.2, 0.25) is 0 Å². The molecule has 2 N–H and O–H groups in total. The van der Waals surface area contributed by atoms with E-state index in [2.05, 4.69) is 10.6 Å². The van der Waals surface area contributed by atoms with Gasteiger partial charge in [0.2, 0.25) is 11.8 Å². The molecule has 3 rings (SSSR count). The van der Waals surface area contributed by atoms with Crippen molar-refractivity contribution in [3.63, 3.8) is 0 Å². The highest BCUT2D eigenvalue weighted by Crippen LogP contribution is 2.23. The van der Waals surface area contributed by atoms with E-state index < -0.39 is 11.9 Å². The standard InChI is InChI=1S/C19H20FN3O2/c1-13(19(25)22-16-5-2-4-14(20)12-16)21-15-7-9-17(10-8-15)23-11-3-6-18(23)24/h2,4-5,7-10,12-13,21H,3,6,11H2,1H3,(H,22,25)/t13-/m1/s1. The minimum atomic E-state index is -0.498. The van der Waals surface area contributed by atoms with Gasteiger partial charge in [-0.15, -0.1) is 0 Å². The summed E-state index contributed by atoms with van der Waals surface area (Å²) in [7, 11) is 0. The Hall–Kier alpha value is -2.89. The van der Waals surface area contributed by atoms with Crippen molar-refractivity contribution < 1.29 is 14.0 Å². The van der Waals surface area contributed by atoms with Gasteiger partial charge >= 0.3 is 0 Å². The van der Waals surface area contributed by atoms with E-state index in [-0.39, 0.29) is 11.8 Å². The zero-order chi connectivity index (χ0) is 17.8. The Kier molecular flexibility index (Phi) is 4.97. The van der Waals surface area contributed by atoms with E-state index in [0.29, 0.717) is 12.1 Å². The lowest BCUT2D eigenvalue weighted by molar-refractivity contribution is -0.117. The highest BCUT2D eigenvalue weighted by molar-refractivity contribution is 5.97. The van der Waals surface area contributed by atoms with Crippen LogP contribution in [-0.4, -0.2) is 24.4 Å². The molecule has 25 heavy (non-hydrogen) atoms. The maximum absolute atomic E-state index is 13.2. The zero-order valence-corrected chi connectivity index (χ0v) is 14.0. The van der Waals surface area contributed by atoms with Crippen LogP contribution in [0, 0.1) is 5.82 Å². The van der Waals surface area contributed by atoms with Crippen LogP contribution in [-0.2, 0) is 9.59 Å². The van der Waals surface area contributed by atoms with Gasteiger partial charge in [-0.2, -0.15) is 0 Å². The third-order valence-corrected chi connectivity index (χ3v) is 4.12. The van der Waals surface area contributed by atoms with Crippen molar-refractivity contribution in [2.75, 3.05) is 22.1 Å². The number of hydrogen-bond donors (Lipinski definition) is 2. The van der Waals surface area contributed by atoms with Crippen molar-refractivity contribution in [1.82, 2.24) is 0 Å². The summed E-state index contributed by atoms with van der Waals surface area (Å²) < 4.78 is 13.2. The lowest BCUT2D eigenvalue weighted by atomic mass is 10.2. The molecular weight excluding hydrogens is 321 g/mol. The molecule has 1 atom stereocenters. The Bertz CT molecular complexity index is 776. The van der Waals surface area contributed by atoms with Crippen molar-refractivity contribution in [2.45, 2.75) is 25.8 Å². The zero-order valence-electron chi connectivity index (χ0n) is 14.0. The molecule has 0 aromatic heterocycles. The van der Waals surface area contributed by atoms with E-state index in [1.165, 1.54) is 12.1 Å². The fourth-order valence-electron chi connectivity index (χ4n) is 2.79. The summed E-state index contributed by atoms with van der Waals surface area (Å²) in [6, 6.07) is 12.7. The van der Waals surface area contributed by atoms with Gasteiger partial charge in [-0.3, -0.25) is 9.59 Å². The van der Waals surface area contributed by atoms with Gasteiger partial charge in [0.25, 0.3) is 0 Å². The maximum Gasteiger partial charge on any atom is 0.246 e. The van der Waals surface area contributed by atoms with Gasteiger partial charge in [0.1, 0.15) is 11.9 Å². The summed E-state index contributed by atoms with van der Waals surface area (Å²) in [5.74, 6) is -0.515. The topological polar surface area (TPSA) is 61.4 Å². The molecule has 2 aromatic rings. The number of hydrogen-bond acceptors (Lipinski definition) is 3. The highest BCUT2D eigenvalue weighted by Gasteiger charge is 2.21. The minimum absolute atomic E-state index is 0.142. The Labute approximate surface area is 145 Å².